The van der Waals surface area contributed by atoms with Gasteiger partial charge in [-0.05, 0) is 30.7 Å². The van der Waals surface area contributed by atoms with Gasteiger partial charge in [0, 0.05) is 30.4 Å². The molecular weight excluding hydrogens is 392 g/mol. The first-order valence-electron chi connectivity index (χ1n) is 9.29. The molecule has 0 aliphatic heterocycles. The molecule has 0 radical (unpaired) electrons. The number of hydrogen-bond donors (Lipinski definition) is 3. The fourth-order valence-electron chi connectivity index (χ4n) is 2.56. The zero-order valence-corrected chi connectivity index (χ0v) is 17.0. The van der Waals surface area contributed by atoms with Gasteiger partial charge in [0.1, 0.15) is 0 Å². The summed E-state index contributed by atoms with van der Waals surface area (Å²) in [6, 6.07) is 8.46. The number of ether oxygens (including phenoxy) is 2. The van der Waals surface area contributed by atoms with Crippen LogP contribution in [0.1, 0.15) is 40.5 Å². The van der Waals surface area contributed by atoms with Crippen molar-refractivity contribution in [2.45, 2.75) is 19.8 Å². The molecule has 0 atom stereocenters. The second-order valence-electron chi connectivity index (χ2n) is 6.21. The van der Waals surface area contributed by atoms with Gasteiger partial charge in [0.2, 0.25) is 0 Å². The number of nitro groups is 1. The average molecular weight is 416 g/mol. The molecular formula is C20H24N4O6. The molecule has 0 saturated heterocycles. The Labute approximate surface area is 173 Å². The van der Waals surface area contributed by atoms with Crippen molar-refractivity contribution in [2.75, 3.05) is 26.1 Å². The molecule has 2 amide bonds. The number of hydrogen-bond acceptors (Lipinski definition) is 7. The number of anilines is 1. The van der Waals surface area contributed by atoms with E-state index >= 15 is 0 Å². The smallest absolute Gasteiger partial charge is 0.272 e. The van der Waals surface area contributed by atoms with Crippen LogP contribution in [0.25, 0.3) is 0 Å². The van der Waals surface area contributed by atoms with E-state index in [9.17, 15) is 19.7 Å². The maximum atomic E-state index is 12.4. The highest BCUT2D eigenvalue weighted by molar-refractivity contribution is 6.02. The molecule has 2 aromatic carbocycles. The van der Waals surface area contributed by atoms with Crippen molar-refractivity contribution >= 4 is 23.2 Å². The second kappa shape index (κ2) is 10.6. The van der Waals surface area contributed by atoms with Gasteiger partial charge in [0.15, 0.2) is 11.5 Å². The van der Waals surface area contributed by atoms with Gasteiger partial charge in [-0.1, -0.05) is 13.3 Å². The molecule has 0 fully saturated rings. The highest BCUT2D eigenvalue weighted by atomic mass is 16.6. The average Bonchev–Trinajstić information content (AvgIpc) is 2.76. The van der Waals surface area contributed by atoms with Crippen LogP contribution in [-0.2, 0) is 0 Å². The SMILES string of the molecule is CCCCOc1ccc(C(=O)NNC(=O)c2cc([N+](=O)[O-])ccc2NC)cc1OC. The second-order valence-corrected chi connectivity index (χ2v) is 6.21. The van der Waals surface area contributed by atoms with Gasteiger partial charge in [-0.25, -0.2) is 0 Å². The highest BCUT2D eigenvalue weighted by Gasteiger charge is 2.18. The number of non-ortho nitro benzene ring substituents is 1. The molecule has 0 saturated carbocycles. The third-order valence-electron chi connectivity index (χ3n) is 4.20. The minimum absolute atomic E-state index is 0.0178. The molecule has 10 heteroatoms. The van der Waals surface area contributed by atoms with Gasteiger partial charge >= 0.3 is 0 Å². The minimum Gasteiger partial charge on any atom is -0.493 e. The zero-order chi connectivity index (χ0) is 22.1. The zero-order valence-electron chi connectivity index (χ0n) is 17.0. The third-order valence-corrected chi connectivity index (χ3v) is 4.20. The Morgan fingerprint density at radius 2 is 1.80 bits per heavy atom. The quantitative estimate of drug-likeness (QED) is 0.325. The number of nitrogens with one attached hydrogen (secondary N) is 3. The largest absolute Gasteiger partial charge is 0.493 e. The molecule has 3 N–H and O–H groups in total. The number of rotatable bonds is 9. The van der Waals surface area contributed by atoms with Crippen LogP contribution < -0.4 is 25.6 Å². The summed E-state index contributed by atoms with van der Waals surface area (Å²) in [4.78, 5) is 35.2. The lowest BCUT2D eigenvalue weighted by Gasteiger charge is -2.13. The molecule has 2 aromatic rings. The first kappa shape index (κ1) is 22.5. The van der Waals surface area contributed by atoms with Gasteiger partial charge in [0.25, 0.3) is 17.5 Å². The molecule has 10 nitrogen and oxygen atoms in total. The van der Waals surface area contributed by atoms with Gasteiger partial charge in [0.05, 0.1) is 24.2 Å². The third kappa shape index (κ3) is 5.60. The van der Waals surface area contributed by atoms with E-state index in [0.29, 0.717) is 23.8 Å². The monoisotopic (exact) mass is 416 g/mol. The van der Waals surface area contributed by atoms with Crippen LogP contribution in [0.4, 0.5) is 11.4 Å². The van der Waals surface area contributed by atoms with Gasteiger partial charge in [-0.15, -0.1) is 0 Å². The summed E-state index contributed by atoms with van der Waals surface area (Å²) in [6.45, 7) is 2.58. The van der Waals surface area contributed by atoms with E-state index in [-0.39, 0.29) is 16.8 Å². The van der Waals surface area contributed by atoms with E-state index in [0.717, 1.165) is 18.9 Å². The molecule has 0 heterocycles. The summed E-state index contributed by atoms with van der Waals surface area (Å²) in [5.41, 5.74) is 4.94. The maximum Gasteiger partial charge on any atom is 0.272 e. The van der Waals surface area contributed by atoms with E-state index < -0.39 is 16.7 Å². The van der Waals surface area contributed by atoms with Crippen molar-refractivity contribution in [3.8, 4) is 11.5 Å². The van der Waals surface area contributed by atoms with E-state index in [1.165, 1.54) is 31.4 Å². The molecule has 2 rings (SSSR count). The van der Waals surface area contributed by atoms with Crippen molar-refractivity contribution in [2.24, 2.45) is 0 Å². The Bertz CT molecular complexity index is 932. The van der Waals surface area contributed by atoms with Gasteiger partial charge in [-0.3, -0.25) is 30.6 Å². The molecule has 160 valence electrons. The number of nitro benzene ring substituents is 1. The number of methoxy groups -OCH3 is 1. The van der Waals surface area contributed by atoms with Crippen LogP contribution in [0.3, 0.4) is 0 Å². The summed E-state index contributed by atoms with van der Waals surface area (Å²) in [5, 5.41) is 13.7. The van der Waals surface area contributed by atoms with Crippen LogP contribution in [-0.4, -0.2) is 37.5 Å². The first-order chi connectivity index (χ1) is 14.4. The Kier molecular flexibility index (Phi) is 7.98. The Morgan fingerprint density at radius 1 is 1.07 bits per heavy atom. The number of benzene rings is 2. The number of nitrogens with zero attached hydrogens (tertiary/aromatic N) is 1. The van der Waals surface area contributed by atoms with Crippen molar-refractivity contribution in [3.63, 3.8) is 0 Å². The normalized spacial score (nSPS) is 10.1. The summed E-state index contributed by atoms with van der Waals surface area (Å²) in [5.74, 6) is -0.385. The van der Waals surface area contributed by atoms with Crippen molar-refractivity contribution in [1.82, 2.24) is 10.9 Å². The number of amides is 2. The van der Waals surface area contributed by atoms with E-state index in [2.05, 4.69) is 23.1 Å². The Balaban J connectivity index is 2.09. The van der Waals surface area contributed by atoms with E-state index in [1.807, 2.05) is 0 Å². The van der Waals surface area contributed by atoms with Crippen molar-refractivity contribution in [3.05, 3.63) is 57.6 Å². The highest BCUT2D eigenvalue weighted by Crippen LogP contribution is 2.28. The number of carbonyl (C=O) groups excluding carboxylic acids is 2. The molecule has 0 bridgehead atoms. The topological polar surface area (TPSA) is 132 Å². The molecule has 30 heavy (non-hydrogen) atoms. The molecule has 0 aliphatic rings. The van der Waals surface area contributed by atoms with Gasteiger partial charge < -0.3 is 14.8 Å². The summed E-state index contributed by atoms with van der Waals surface area (Å²) in [7, 11) is 3.04. The minimum atomic E-state index is -0.706. The maximum absolute atomic E-state index is 12.4. The molecule has 0 aliphatic carbocycles. The van der Waals surface area contributed by atoms with E-state index in [1.54, 1.807) is 13.1 Å². The van der Waals surface area contributed by atoms with Crippen LogP contribution in [0.2, 0.25) is 0 Å². The fraction of sp³-hybridized carbons (Fsp3) is 0.300. The van der Waals surface area contributed by atoms with E-state index in [4.69, 9.17) is 9.47 Å². The Hall–Kier alpha value is -3.82. The Morgan fingerprint density at radius 3 is 2.43 bits per heavy atom. The lowest BCUT2D eigenvalue weighted by molar-refractivity contribution is -0.384. The number of hydrazine groups is 1. The number of carbonyl (C=O) groups is 2. The lowest BCUT2D eigenvalue weighted by Crippen LogP contribution is -2.41. The molecule has 0 aromatic heterocycles. The molecule has 0 spiro atoms. The summed E-state index contributed by atoms with van der Waals surface area (Å²) in [6.07, 6.45) is 1.88. The molecule has 0 unspecified atom stereocenters. The summed E-state index contributed by atoms with van der Waals surface area (Å²) < 4.78 is 10.9. The van der Waals surface area contributed by atoms with Crippen LogP contribution in [0, 0.1) is 10.1 Å². The fourth-order valence-corrected chi connectivity index (χ4v) is 2.56. The lowest BCUT2D eigenvalue weighted by atomic mass is 10.1. The first-order valence-corrected chi connectivity index (χ1v) is 9.29. The standard InChI is InChI=1S/C20H24N4O6/c1-4-5-10-30-17-9-6-13(11-18(17)29-3)19(25)22-23-20(26)15-12-14(24(27)28)7-8-16(15)21-2/h6-9,11-12,21H,4-5,10H2,1-3H3,(H,22,25)(H,23,26). The van der Waals surface area contributed by atoms with Crippen LogP contribution in [0.5, 0.6) is 11.5 Å². The van der Waals surface area contributed by atoms with Gasteiger partial charge in [-0.2, -0.15) is 0 Å². The van der Waals surface area contributed by atoms with Crippen molar-refractivity contribution in [1.29, 1.82) is 0 Å². The predicted octanol–water partition coefficient (Wildman–Crippen LogP) is 2.90. The van der Waals surface area contributed by atoms with Crippen molar-refractivity contribution < 1.29 is 24.0 Å². The number of unbranched alkanes of at least 4 members (excludes halogenated alkanes) is 1. The predicted molar refractivity (Wildman–Crippen MR) is 111 cm³/mol. The summed E-state index contributed by atoms with van der Waals surface area (Å²) >= 11 is 0. The van der Waals surface area contributed by atoms with Crippen LogP contribution >= 0.6 is 0 Å². The van der Waals surface area contributed by atoms with Crippen LogP contribution in [0.15, 0.2) is 36.4 Å².